The van der Waals surface area contributed by atoms with Gasteiger partial charge in [-0.3, -0.25) is 4.79 Å². The molecule has 0 aliphatic heterocycles. The number of nitrogens with one attached hydrogen (secondary N) is 1. The van der Waals surface area contributed by atoms with E-state index >= 15 is 0 Å². The largest absolute Gasteiger partial charge is 0.496 e. The fourth-order valence-corrected chi connectivity index (χ4v) is 2.38. The molecule has 2 rings (SSSR count). The van der Waals surface area contributed by atoms with Crippen molar-refractivity contribution in [1.82, 2.24) is 0 Å². The van der Waals surface area contributed by atoms with E-state index in [1.165, 1.54) is 13.2 Å². The minimum absolute atomic E-state index is 0.0303. The van der Waals surface area contributed by atoms with E-state index in [2.05, 4.69) is 21.2 Å². The molecule has 0 aromatic heterocycles. The summed E-state index contributed by atoms with van der Waals surface area (Å²) < 4.78 is 5.83. The third-order valence-electron chi connectivity index (χ3n) is 3.03. The standard InChI is InChI=1S/C16H14BrNO4/c1-22-14-5-3-2-4-10(14)8-15(19)18-13-7-6-11(17)9-12(13)16(20)21/h2-7,9H,8H2,1H3,(H,18,19)(H,20,21). The molecule has 0 unspecified atom stereocenters. The van der Waals surface area contributed by atoms with Crippen LogP contribution >= 0.6 is 15.9 Å². The smallest absolute Gasteiger partial charge is 0.337 e. The van der Waals surface area contributed by atoms with Crippen LogP contribution in [0.5, 0.6) is 5.75 Å². The molecule has 1 amide bonds. The van der Waals surface area contributed by atoms with Gasteiger partial charge in [-0.05, 0) is 24.3 Å². The number of aromatic carboxylic acids is 1. The number of carboxylic acid groups (broad SMARTS) is 1. The van der Waals surface area contributed by atoms with E-state index in [-0.39, 0.29) is 23.6 Å². The molecule has 6 heteroatoms. The zero-order valence-electron chi connectivity index (χ0n) is 11.8. The lowest BCUT2D eigenvalue weighted by molar-refractivity contribution is -0.115. The SMILES string of the molecule is COc1ccccc1CC(=O)Nc1ccc(Br)cc1C(=O)O. The maximum atomic E-state index is 12.1. The molecule has 0 heterocycles. The molecule has 0 fully saturated rings. The number of methoxy groups -OCH3 is 1. The van der Waals surface area contributed by atoms with Crippen molar-refractivity contribution < 1.29 is 19.4 Å². The lowest BCUT2D eigenvalue weighted by Crippen LogP contribution is -2.17. The number of rotatable bonds is 5. The van der Waals surface area contributed by atoms with E-state index in [4.69, 9.17) is 4.74 Å². The third kappa shape index (κ3) is 3.85. The number of halogens is 1. The molecule has 0 radical (unpaired) electrons. The van der Waals surface area contributed by atoms with Gasteiger partial charge in [0.15, 0.2) is 0 Å². The molecule has 2 aromatic rings. The lowest BCUT2D eigenvalue weighted by atomic mass is 10.1. The second-order valence-electron chi connectivity index (χ2n) is 4.53. The molecule has 2 N–H and O–H groups in total. The van der Waals surface area contributed by atoms with E-state index < -0.39 is 5.97 Å². The molecule has 0 saturated heterocycles. The summed E-state index contributed by atoms with van der Waals surface area (Å²) in [7, 11) is 1.54. The Morgan fingerprint density at radius 1 is 1.23 bits per heavy atom. The first-order chi connectivity index (χ1) is 10.5. The summed E-state index contributed by atoms with van der Waals surface area (Å²) >= 11 is 3.21. The molecule has 0 atom stereocenters. The number of ether oxygens (including phenoxy) is 1. The summed E-state index contributed by atoms with van der Waals surface area (Å²) in [4.78, 5) is 23.4. The molecule has 5 nitrogen and oxygen atoms in total. The molecule has 114 valence electrons. The van der Waals surface area contributed by atoms with E-state index in [0.717, 1.165) is 5.56 Å². The fourth-order valence-electron chi connectivity index (χ4n) is 2.02. The Kier molecular flexibility index (Phi) is 5.16. The number of carboxylic acids is 1. The van der Waals surface area contributed by atoms with Gasteiger partial charge in [0.1, 0.15) is 5.75 Å². The zero-order chi connectivity index (χ0) is 16.1. The number of hydrogen-bond acceptors (Lipinski definition) is 3. The van der Waals surface area contributed by atoms with Crippen molar-refractivity contribution >= 4 is 33.5 Å². The van der Waals surface area contributed by atoms with Gasteiger partial charge in [0.05, 0.1) is 24.8 Å². The first-order valence-corrected chi connectivity index (χ1v) is 7.25. The van der Waals surface area contributed by atoms with Gasteiger partial charge in [-0.2, -0.15) is 0 Å². The van der Waals surface area contributed by atoms with Gasteiger partial charge >= 0.3 is 5.97 Å². The van der Waals surface area contributed by atoms with Crippen molar-refractivity contribution in [2.24, 2.45) is 0 Å². The predicted molar refractivity (Wildman–Crippen MR) is 86.4 cm³/mol. The Bertz CT molecular complexity index is 715. The van der Waals surface area contributed by atoms with Crippen LogP contribution in [0, 0.1) is 0 Å². The van der Waals surface area contributed by atoms with Gasteiger partial charge in [-0.25, -0.2) is 4.79 Å². The number of carbonyl (C=O) groups is 2. The fraction of sp³-hybridized carbons (Fsp3) is 0.125. The molecule has 0 aliphatic carbocycles. The number of para-hydroxylation sites is 1. The average Bonchev–Trinajstić information content (AvgIpc) is 2.49. The molecule has 22 heavy (non-hydrogen) atoms. The maximum Gasteiger partial charge on any atom is 0.337 e. The predicted octanol–water partition coefficient (Wildman–Crippen LogP) is 3.34. The Balaban J connectivity index is 2.17. The number of carbonyl (C=O) groups excluding carboxylic acids is 1. The molecular formula is C16H14BrNO4. The summed E-state index contributed by atoms with van der Waals surface area (Å²) in [6.45, 7) is 0. The molecule has 0 aliphatic rings. The third-order valence-corrected chi connectivity index (χ3v) is 3.52. The summed E-state index contributed by atoms with van der Waals surface area (Å²) in [6.07, 6.45) is 0.0964. The van der Waals surface area contributed by atoms with Gasteiger partial charge < -0.3 is 15.2 Å². The van der Waals surface area contributed by atoms with E-state index in [1.54, 1.807) is 24.3 Å². The van der Waals surface area contributed by atoms with E-state index in [0.29, 0.717) is 10.2 Å². The number of anilines is 1. The molecule has 0 bridgehead atoms. The van der Waals surface area contributed by atoms with Gasteiger partial charge in [-0.1, -0.05) is 34.1 Å². The Labute approximate surface area is 136 Å². The van der Waals surface area contributed by atoms with Crippen molar-refractivity contribution in [3.8, 4) is 5.75 Å². The highest BCUT2D eigenvalue weighted by Gasteiger charge is 2.14. The molecule has 2 aromatic carbocycles. The molecular weight excluding hydrogens is 350 g/mol. The number of amides is 1. The quantitative estimate of drug-likeness (QED) is 0.853. The van der Waals surface area contributed by atoms with Crippen LogP contribution in [-0.4, -0.2) is 24.1 Å². The highest BCUT2D eigenvalue weighted by Crippen LogP contribution is 2.22. The van der Waals surface area contributed by atoms with Crippen LogP contribution in [0.2, 0.25) is 0 Å². The molecule has 0 spiro atoms. The minimum atomic E-state index is -1.10. The number of benzene rings is 2. The summed E-state index contributed by atoms with van der Waals surface area (Å²) in [5.41, 5.74) is 1.02. The van der Waals surface area contributed by atoms with Crippen LogP contribution in [0.25, 0.3) is 0 Å². The van der Waals surface area contributed by atoms with Crippen LogP contribution in [0.15, 0.2) is 46.9 Å². The Hall–Kier alpha value is -2.34. The van der Waals surface area contributed by atoms with E-state index in [1.807, 2.05) is 12.1 Å². The lowest BCUT2D eigenvalue weighted by Gasteiger charge is -2.11. The zero-order valence-corrected chi connectivity index (χ0v) is 13.4. The van der Waals surface area contributed by atoms with Crippen LogP contribution < -0.4 is 10.1 Å². The monoisotopic (exact) mass is 363 g/mol. The second kappa shape index (κ2) is 7.09. The summed E-state index contributed by atoms with van der Waals surface area (Å²) in [6, 6.07) is 11.9. The van der Waals surface area contributed by atoms with Gasteiger partial charge in [0, 0.05) is 10.0 Å². The van der Waals surface area contributed by atoms with Gasteiger partial charge in [0.25, 0.3) is 0 Å². The first-order valence-electron chi connectivity index (χ1n) is 6.46. The van der Waals surface area contributed by atoms with Crippen LogP contribution in [0.4, 0.5) is 5.69 Å². The van der Waals surface area contributed by atoms with Gasteiger partial charge in [0.2, 0.25) is 5.91 Å². The van der Waals surface area contributed by atoms with Crippen molar-refractivity contribution in [3.05, 3.63) is 58.1 Å². The Morgan fingerprint density at radius 2 is 1.95 bits per heavy atom. The number of hydrogen-bond donors (Lipinski definition) is 2. The topological polar surface area (TPSA) is 75.6 Å². The highest BCUT2D eigenvalue weighted by atomic mass is 79.9. The summed E-state index contributed by atoms with van der Waals surface area (Å²) in [5.74, 6) is -0.796. The second-order valence-corrected chi connectivity index (χ2v) is 5.45. The first kappa shape index (κ1) is 16.0. The summed E-state index contributed by atoms with van der Waals surface area (Å²) in [5, 5.41) is 11.8. The Morgan fingerprint density at radius 3 is 2.64 bits per heavy atom. The van der Waals surface area contributed by atoms with Crippen LogP contribution in [0.3, 0.4) is 0 Å². The van der Waals surface area contributed by atoms with Crippen LogP contribution in [-0.2, 0) is 11.2 Å². The van der Waals surface area contributed by atoms with Crippen molar-refractivity contribution in [2.75, 3.05) is 12.4 Å². The van der Waals surface area contributed by atoms with Crippen molar-refractivity contribution in [3.63, 3.8) is 0 Å². The highest BCUT2D eigenvalue weighted by molar-refractivity contribution is 9.10. The minimum Gasteiger partial charge on any atom is -0.496 e. The van der Waals surface area contributed by atoms with Gasteiger partial charge in [-0.15, -0.1) is 0 Å². The average molecular weight is 364 g/mol. The molecule has 0 saturated carbocycles. The normalized spacial score (nSPS) is 10.1. The maximum absolute atomic E-state index is 12.1. The van der Waals surface area contributed by atoms with Crippen molar-refractivity contribution in [2.45, 2.75) is 6.42 Å². The van der Waals surface area contributed by atoms with Crippen molar-refractivity contribution in [1.29, 1.82) is 0 Å². The van der Waals surface area contributed by atoms with Crippen LogP contribution in [0.1, 0.15) is 15.9 Å². The van der Waals surface area contributed by atoms with E-state index in [9.17, 15) is 14.7 Å².